The molecule has 20 heavy (non-hydrogen) atoms. The smallest absolute Gasteiger partial charge is 0.210 e. The van der Waals surface area contributed by atoms with Crippen LogP contribution < -0.4 is 10.5 Å². The topological polar surface area (TPSA) is 97.0 Å². The maximum Gasteiger partial charge on any atom is 0.210 e. The zero-order valence-electron chi connectivity index (χ0n) is 12.0. The fourth-order valence-electron chi connectivity index (χ4n) is 2.79. The Labute approximate surface area is 120 Å². The van der Waals surface area contributed by atoms with E-state index >= 15 is 0 Å². The molecule has 0 radical (unpaired) electrons. The Hall–Kier alpha value is -0.860. The van der Waals surface area contributed by atoms with Gasteiger partial charge in [-0.15, -0.1) is 0 Å². The Morgan fingerprint density at radius 2 is 2.30 bits per heavy atom. The number of nitrogens with zero attached hydrogens (tertiary/aromatic N) is 2. The predicted octanol–water partition coefficient (Wildman–Crippen LogP) is -0.647. The number of primary sulfonamides is 1. The Bertz CT molecular complexity index is 457. The van der Waals surface area contributed by atoms with Gasteiger partial charge in [0.05, 0.1) is 18.9 Å². The second-order valence-electron chi connectivity index (χ2n) is 5.58. The third-order valence-electron chi connectivity index (χ3n) is 3.90. The summed E-state index contributed by atoms with van der Waals surface area (Å²) in [7, 11) is -3.45. The van der Waals surface area contributed by atoms with Crippen molar-refractivity contribution in [1.29, 1.82) is 0 Å². The number of guanidine groups is 1. The van der Waals surface area contributed by atoms with E-state index in [1.165, 1.54) is 0 Å². The summed E-state index contributed by atoms with van der Waals surface area (Å²) in [6.07, 6.45) is 2.20. The number of likely N-dealkylation sites (tertiary alicyclic amines) is 1. The van der Waals surface area contributed by atoms with Gasteiger partial charge < -0.3 is 15.0 Å². The Morgan fingerprint density at radius 3 is 2.90 bits per heavy atom. The maximum absolute atomic E-state index is 11.0. The molecule has 1 atom stereocenters. The molecule has 0 aromatic heterocycles. The molecule has 0 aromatic rings. The van der Waals surface area contributed by atoms with Crippen molar-refractivity contribution in [3.8, 4) is 0 Å². The highest BCUT2D eigenvalue weighted by Crippen LogP contribution is 2.38. The molecule has 3 N–H and O–H groups in total. The largest absolute Gasteiger partial charge is 0.381 e. The highest BCUT2D eigenvalue weighted by Gasteiger charge is 2.42. The highest BCUT2D eigenvalue weighted by molar-refractivity contribution is 7.89. The minimum Gasteiger partial charge on any atom is -0.381 e. The molecule has 2 aliphatic heterocycles. The zero-order chi connectivity index (χ0) is 14.6. The molecule has 2 rings (SSSR count). The molecule has 0 saturated carbocycles. The quantitative estimate of drug-likeness (QED) is 0.531. The van der Waals surface area contributed by atoms with E-state index in [0.29, 0.717) is 0 Å². The van der Waals surface area contributed by atoms with Gasteiger partial charge in [0.25, 0.3) is 0 Å². The van der Waals surface area contributed by atoms with Crippen LogP contribution in [0.15, 0.2) is 4.99 Å². The van der Waals surface area contributed by atoms with Crippen molar-refractivity contribution >= 4 is 16.0 Å². The summed E-state index contributed by atoms with van der Waals surface area (Å²) in [5.74, 6) is 0.657. The second kappa shape index (κ2) is 6.28. The predicted molar refractivity (Wildman–Crippen MR) is 78.0 cm³/mol. The SMILES string of the molecule is CCNC(=NCCS(N)(=O)=O)N1CCC2(CCOC2)C1. The van der Waals surface area contributed by atoms with Gasteiger partial charge in [0.1, 0.15) is 0 Å². The molecule has 116 valence electrons. The molecular formula is C12H24N4O3S. The number of hydrogen-bond acceptors (Lipinski definition) is 4. The molecule has 2 heterocycles. The van der Waals surface area contributed by atoms with Crippen LogP contribution in [-0.2, 0) is 14.8 Å². The fraction of sp³-hybridized carbons (Fsp3) is 0.917. The van der Waals surface area contributed by atoms with Crippen molar-refractivity contribution < 1.29 is 13.2 Å². The first kappa shape index (κ1) is 15.5. The summed E-state index contributed by atoms with van der Waals surface area (Å²) >= 11 is 0. The van der Waals surface area contributed by atoms with Crippen LogP contribution in [0, 0.1) is 5.41 Å². The maximum atomic E-state index is 11.0. The van der Waals surface area contributed by atoms with Crippen molar-refractivity contribution in [3.05, 3.63) is 0 Å². The van der Waals surface area contributed by atoms with Gasteiger partial charge in [-0.2, -0.15) is 0 Å². The standard InChI is InChI=1S/C12H24N4O3S/c1-2-14-11(15-5-8-20(13,17)18)16-6-3-12(9-16)4-7-19-10-12/h2-10H2,1H3,(H,14,15)(H2,13,17,18). The van der Waals surface area contributed by atoms with E-state index in [2.05, 4.69) is 15.2 Å². The number of ether oxygens (including phenoxy) is 1. The van der Waals surface area contributed by atoms with E-state index in [4.69, 9.17) is 9.88 Å². The average Bonchev–Trinajstić information content (AvgIpc) is 2.98. The molecule has 7 nitrogen and oxygen atoms in total. The van der Waals surface area contributed by atoms with Gasteiger partial charge in [0.15, 0.2) is 5.96 Å². The summed E-state index contributed by atoms with van der Waals surface area (Å²) in [5.41, 5.74) is 0.260. The highest BCUT2D eigenvalue weighted by atomic mass is 32.2. The van der Waals surface area contributed by atoms with Gasteiger partial charge in [-0.1, -0.05) is 0 Å². The van der Waals surface area contributed by atoms with Gasteiger partial charge in [-0.25, -0.2) is 13.6 Å². The molecule has 0 bridgehead atoms. The summed E-state index contributed by atoms with van der Waals surface area (Å²) in [6.45, 7) is 6.47. The molecule has 0 amide bonds. The molecule has 2 aliphatic rings. The van der Waals surface area contributed by atoms with E-state index in [-0.39, 0.29) is 17.7 Å². The molecule has 2 saturated heterocycles. The zero-order valence-corrected chi connectivity index (χ0v) is 12.8. The van der Waals surface area contributed by atoms with Crippen molar-refractivity contribution in [2.45, 2.75) is 19.8 Å². The average molecular weight is 304 g/mol. The number of aliphatic imine (C=N–C) groups is 1. The van der Waals surface area contributed by atoms with Crippen molar-refractivity contribution in [3.63, 3.8) is 0 Å². The third kappa shape index (κ3) is 4.07. The van der Waals surface area contributed by atoms with Crippen LogP contribution in [-0.4, -0.2) is 64.4 Å². The number of rotatable bonds is 4. The van der Waals surface area contributed by atoms with E-state index in [0.717, 1.165) is 51.6 Å². The molecule has 1 spiro atoms. The minimum absolute atomic E-state index is 0.121. The lowest BCUT2D eigenvalue weighted by Gasteiger charge is -2.24. The van der Waals surface area contributed by atoms with Crippen molar-refractivity contribution in [2.24, 2.45) is 15.5 Å². The van der Waals surface area contributed by atoms with Gasteiger partial charge in [0, 0.05) is 31.7 Å². The summed E-state index contributed by atoms with van der Waals surface area (Å²) in [5, 5.41) is 8.21. The van der Waals surface area contributed by atoms with Crippen LogP contribution in [0.1, 0.15) is 19.8 Å². The summed E-state index contributed by atoms with van der Waals surface area (Å²) < 4.78 is 27.4. The van der Waals surface area contributed by atoms with Crippen LogP contribution in [0.2, 0.25) is 0 Å². The van der Waals surface area contributed by atoms with Gasteiger partial charge in [0.2, 0.25) is 10.0 Å². The lowest BCUT2D eigenvalue weighted by Crippen LogP contribution is -2.41. The summed E-state index contributed by atoms with van der Waals surface area (Å²) in [4.78, 5) is 6.56. The van der Waals surface area contributed by atoms with Crippen LogP contribution >= 0.6 is 0 Å². The van der Waals surface area contributed by atoms with Crippen LogP contribution in [0.25, 0.3) is 0 Å². The van der Waals surface area contributed by atoms with Gasteiger partial charge in [-0.05, 0) is 19.8 Å². The molecule has 8 heteroatoms. The normalized spacial score (nSPS) is 27.5. The Balaban J connectivity index is 1.96. The van der Waals surface area contributed by atoms with Gasteiger partial charge >= 0.3 is 0 Å². The number of sulfonamides is 1. The van der Waals surface area contributed by atoms with Crippen LogP contribution in [0.5, 0.6) is 0 Å². The van der Waals surface area contributed by atoms with E-state index < -0.39 is 10.0 Å². The molecule has 0 aromatic carbocycles. The first-order chi connectivity index (χ1) is 9.44. The summed E-state index contributed by atoms with van der Waals surface area (Å²) in [6, 6.07) is 0. The number of nitrogens with two attached hydrogens (primary N) is 1. The van der Waals surface area contributed by atoms with Gasteiger partial charge in [-0.3, -0.25) is 4.99 Å². The monoisotopic (exact) mass is 304 g/mol. The number of hydrogen-bond donors (Lipinski definition) is 2. The van der Waals surface area contributed by atoms with Crippen LogP contribution in [0.3, 0.4) is 0 Å². The fourth-order valence-corrected chi connectivity index (χ4v) is 3.14. The molecular weight excluding hydrogens is 280 g/mol. The third-order valence-corrected chi connectivity index (χ3v) is 4.65. The Kier molecular flexibility index (Phi) is 4.87. The molecule has 2 fully saturated rings. The minimum atomic E-state index is -3.45. The first-order valence-electron chi connectivity index (χ1n) is 7.06. The second-order valence-corrected chi connectivity index (χ2v) is 7.31. The molecule has 1 unspecified atom stereocenters. The van der Waals surface area contributed by atoms with E-state index in [1.54, 1.807) is 0 Å². The number of nitrogens with one attached hydrogen (secondary N) is 1. The molecule has 0 aliphatic carbocycles. The lowest BCUT2D eigenvalue weighted by atomic mass is 9.87. The first-order valence-corrected chi connectivity index (χ1v) is 8.77. The van der Waals surface area contributed by atoms with Crippen molar-refractivity contribution in [1.82, 2.24) is 10.2 Å². The van der Waals surface area contributed by atoms with E-state index in [9.17, 15) is 8.42 Å². The van der Waals surface area contributed by atoms with Crippen LogP contribution in [0.4, 0.5) is 0 Å². The van der Waals surface area contributed by atoms with E-state index in [1.807, 2.05) is 6.92 Å². The Morgan fingerprint density at radius 1 is 1.50 bits per heavy atom. The lowest BCUT2D eigenvalue weighted by molar-refractivity contribution is 0.156. The van der Waals surface area contributed by atoms with Crippen molar-refractivity contribution in [2.75, 3.05) is 45.1 Å².